The molecule has 0 bridgehead atoms. The number of hydrogen-bond donors (Lipinski definition) is 1. The van der Waals surface area contributed by atoms with Gasteiger partial charge in [0.1, 0.15) is 11.4 Å². The van der Waals surface area contributed by atoms with E-state index in [1.807, 2.05) is 45.0 Å². The minimum Gasteiger partial charge on any atom is -0.491 e. The monoisotopic (exact) mass is 238 g/mol. The van der Waals surface area contributed by atoms with Crippen LogP contribution in [0.1, 0.15) is 32.8 Å². The summed E-state index contributed by atoms with van der Waals surface area (Å²) in [6.45, 7) is 6.22. The Labute approximate surface area is 103 Å². The summed E-state index contributed by atoms with van der Waals surface area (Å²) in [4.78, 5) is 0. The highest BCUT2D eigenvalue weighted by atomic mass is 16.5. The van der Waals surface area contributed by atoms with Gasteiger partial charge in [0, 0.05) is 7.11 Å². The molecule has 0 amide bonds. The van der Waals surface area contributed by atoms with E-state index < -0.39 is 5.60 Å². The molecule has 1 aromatic carbocycles. The Morgan fingerprint density at radius 3 is 2.24 bits per heavy atom. The van der Waals surface area contributed by atoms with Crippen LogP contribution >= 0.6 is 0 Å². The van der Waals surface area contributed by atoms with Crippen molar-refractivity contribution in [3.05, 3.63) is 29.8 Å². The van der Waals surface area contributed by atoms with Crippen molar-refractivity contribution in [3.63, 3.8) is 0 Å². The molecule has 0 aromatic heterocycles. The number of aliphatic hydroxyl groups is 1. The van der Waals surface area contributed by atoms with Crippen molar-refractivity contribution < 1.29 is 14.6 Å². The van der Waals surface area contributed by atoms with Crippen LogP contribution in [0.15, 0.2) is 24.3 Å². The van der Waals surface area contributed by atoms with Gasteiger partial charge in [0.2, 0.25) is 0 Å². The molecule has 0 heterocycles. The van der Waals surface area contributed by atoms with Gasteiger partial charge in [-0.1, -0.05) is 19.1 Å². The van der Waals surface area contributed by atoms with Gasteiger partial charge in [0.05, 0.1) is 12.7 Å². The van der Waals surface area contributed by atoms with Crippen molar-refractivity contribution >= 4 is 0 Å². The molecule has 0 aliphatic rings. The molecule has 1 atom stereocenters. The Morgan fingerprint density at radius 1 is 1.24 bits per heavy atom. The lowest BCUT2D eigenvalue weighted by Gasteiger charge is -2.26. The van der Waals surface area contributed by atoms with E-state index >= 15 is 0 Å². The summed E-state index contributed by atoms with van der Waals surface area (Å²) in [6, 6.07) is 7.54. The Hall–Kier alpha value is -1.06. The Kier molecular flexibility index (Phi) is 4.97. The van der Waals surface area contributed by atoms with Gasteiger partial charge in [-0.3, -0.25) is 0 Å². The first-order valence-corrected chi connectivity index (χ1v) is 6.00. The molecule has 96 valence electrons. The topological polar surface area (TPSA) is 38.7 Å². The first-order chi connectivity index (χ1) is 8.01. The predicted molar refractivity (Wildman–Crippen MR) is 68.3 cm³/mol. The van der Waals surface area contributed by atoms with Gasteiger partial charge in [0.15, 0.2) is 0 Å². The van der Waals surface area contributed by atoms with Crippen molar-refractivity contribution in [2.75, 3.05) is 13.7 Å². The third-order valence-electron chi connectivity index (χ3n) is 2.73. The summed E-state index contributed by atoms with van der Waals surface area (Å²) >= 11 is 0. The average molecular weight is 238 g/mol. The average Bonchev–Trinajstić information content (AvgIpc) is 2.29. The lowest BCUT2D eigenvalue weighted by molar-refractivity contribution is -0.0386. The number of rotatable bonds is 6. The van der Waals surface area contributed by atoms with Crippen molar-refractivity contribution in [2.24, 2.45) is 0 Å². The van der Waals surface area contributed by atoms with Crippen LogP contribution < -0.4 is 4.74 Å². The molecule has 3 nitrogen and oxygen atoms in total. The van der Waals surface area contributed by atoms with E-state index in [2.05, 4.69) is 0 Å². The number of hydrogen-bond acceptors (Lipinski definition) is 3. The second-order valence-corrected chi connectivity index (χ2v) is 4.51. The van der Waals surface area contributed by atoms with Gasteiger partial charge in [-0.25, -0.2) is 0 Å². The van der Waals surface area contributed by atoms with Gasteiger partial charge in [-0.15, -0.1) is 0 Å². The fourth-order valence-electron chi connectivity index (χ4n) is 1.74. The molecule has 0 spiro atoms. The highest BCUT2D eigenvalue weighted by Crippen LogP contribution is 2.27. The largest absolute Gasteiger partial charge is 0.491 e. The van der Waals surface area contributed by atoms with E-state index in [1.165, 1.54) is 0 Å². The Balaban J connectivity index is 2.85. The predicted octanol–water partition coefficient (Wildman–Crippen LogP) is 2.72. The summed E-state index contributed by atoms with van der Waals surface area (Å²) in [5.41, 5.74) is -0.0524. The summed E-state index contributed by atoms with van der Waals surface area (Å²) in [5.74, 6) is 0.819. The molecule has 0 saturated heterocycles. The van der Waals surface area contributed by atoms with Crippen LogP contribution in [0.3, 0.4) is 0 Å². The summed E-state index contributed by atoms with van der Waals surface area (Å²) in [5, 5.41) is 10.4. The number of ether oxygens (including phenoxy) is 2. The quantitative estimate of drug-likeness (QED) is 0.828. The van der Waals surface area contributed by atoms with E-state index in [-0.39, 0.29) is 6.10 Å². The highest BCUT2D eigenvalue weighted by molar-refractivity contribution is 5.31. The van der Waals surface area contributed by atoms with Gasteiger partial charge in [-0.2, -0.15) is 0 Å². The molecule has 1 unspecified atom stereocenters. The SMILES string of the molecule is CCC(O)(COC)c1ccc(OC(C)C)cc1. The highest BCUT2D eigenvalue weighted by Gasteiger charge is 2.26. The van der Waals surface area contributed by atoms with Crippen molar-refractivity contribution in [1.29, 1.82) is 0 Å². The van der Waals surface area contributed by atoms with E-state index in [4.69, 9.17) is 9.47 Å². The minimum atomic E-state index is -0.912. The molecular weight excluding hydrogens is 216 g/mol. The van der Waals surface area contributed by atoms with Crippen molar-refractivity contribution in [2.45, 2.75) is 38.9 Å². The van der Waals surface area contributed by atoms with E-state index in [1.54, 1.807) is 7.11 Å². The number of benzene rings is 1. The molecule has 1 N–H and O–H groups in total. The molecule has 0 saturated carbocycles. The minimum absolute atomic E-state index is 0.157. The van der Waals surface area contributed by atoms with Crippen LogP contribution in [0.2, 0.25) is 0 Å². The van der Waals surface area contributed by atoms with Crippen molar-refractivity contribution in [3.8, 4) is 5.75 Å². The standard InChI is InChI=1S/C14H22O3/c1-5-14(15,10-16-4)12-6-8-13(9-7-12)17-11(2)3/h6-9,11,15H,5,10H2,1-4H3. The van der Waals surface area contributed by atoms with Gasteiger partial charge in [-0.05, 0) is 38.0 Å². The summed E-state index contributed by atoms with van der Waals surface area (Å²) < 4.78 is 10.6. The second-order valence-electron chi connectivity index (χ2n) is 4.51. The molecule has 0 radical (unpaired) electrons. The normalized spacial score (nSPS) is 14.7. The van der Waals surface area contributed by atoms with Crippen LogP contribution in [0, 0.1) is 0 Å². The van der Waals surface area contributed by atoms with Crippen LogP contribution in [-0.4, -0.2) is 24.9 Å². The molecule has 0 aliphatic heterocycles. The molecule has 1 aromatic rings. The van der Waals surface area contributed by atoms with Gasteiger partial charge < -0.3 is 14.6 Å². The van der Waals surface area contributed by atoms with E-state index in [9.17, 15) is 5.11 Å². The maximum Gasteiger partial charge on any atom is 0.119 e. The smallest absolute Gasteiger partial charge is 0.119 e. The van der Waals surface area contributed by atoms with Gasteiger partial charge >= 0.3 is 0 Å². The first kappa shape index (κ1) is 14.0. The Morgan fingerprint density at radius 2 is 1.82 bits per heavy atom. The second kappa shape index (κ2) is 6.03. The number of methoxy groups -OCH3 is 1. The maximum absolute atomic E-state index is 10.4. The fourth-order valence-corrected chi connectivity index (χ4v) is 1.74. The first-order valence-electron chi connectivity index (χ1n) is 6.00. The van der Waals surface area contributed by atoms with Crippen molar-refractivity contribution in [1.82, 2.24) is 0 Å². The van der Waals surface area contributed by atoms with Gasteiger partial charge in [0.25, 0.3) is 0 Å². The molecule has 3 heteroatoms. The van der Waals surface area contributed by atoms with E-state index in [0.29, 0.717) is 13.0 Å². The maximum atomic E-state index is 10.4. The van der Waals surface area contributed by atoms with Crippen LogP contribution in [-0.2, 0) is 10.3 Å². The zero-order valence-corrected chi connectivity index (χ0v) is 11.1. The molecule has 0 fully saturated rings. The molecule has 0 aliphatic carbocycles. The molecular formula is C14H22O3. The van der Waals surface area contributed by atoms with Crippen LogP contribution in [0.5, 0.6) is 5.75 Å². The molecule has 17 heavy (non-hydrogen) atoms. The Bertz CT molecular complexity index is 332. The van der Waals surface area contributed by atoms with Crippen LogP contribution in [0.4, 0.5) is 0 Å². The summed E-state index contributed by atoms with van der Waals surface area (Å²) in [7, 11) is 1.59. The zero-order valence-electron chi connectivity index (χ0n) is 11.1. The zero-order chi connectivity index (χ0) is 12.9. The third kappa shape index (κ3) is 3.72. The fraction of sp³-hybridized carbons (Fsp3) is 0.571. The lowest BCUT2D eigenvalue weighted by Crippen LogP contribution is -2.30. The summed E-state index contributed by atoms with van der Waals surface area (Å²) in [6.07, 6.45) is 0.774. The van der Waals surface area contributed by atoms with Crippen LogP contribution in [0.25, 0.3) is 0 Å². The lowest BCUT2D eigenvalue weighted by atomic mass is 9.92. The third-order valence-corrected chi connectivity index (χ3v) is 2.73. The molecule has 1 rings (SSSR count). The van der Waals surface area contributed by atoms with E-state index in [0.717, 1.165) is 11.3 Å².